The van der Waals surface area contributed by atoms with E-state index in [1.54, 1.807) is 12.1 Å². The summed E-state index contributed by atoms with van der Waals surface area (Å²) in [6.07, 6.45) is 0. The predicted octanol–water partition coefficient (Wildman–Crippen LogP) is 23.1. The quantitative estimate of drug-likeness (QED) is 0.126. The van der Waals surface area contributed by atoms with Gasteiger partial charge in [-0.3, -0.25) is 0 Å². The number of fused-ring (bicyclic) bond motifs is 4. The van der Waals surface area contributed by atoms with Crippen molar-refractivity contribution in [1.29, 1.82) is 0 Å². The van der Waals surface area contributed by atoms with Crippen molar-refractivity contribution >= 4 is 110 Å². The average molecular weight is 1080 g/mol. The fourth-order valence-corrected chi connectivity index (χ4v) is 13.0. The van der Waals surface area contributed by atoms with Gasteiger partial charge in [0, 0.05) is 22.1 Å². The molecule has 0 aliphatic carbocycles. The first-order valence-electron chi connectivity index (χ1n) is 28.5. The van der Waals surface area contributed by atoms with Crippen LogP contribution in [0.2, 0.25) is 0 Å². The molecule has 394 valence electrons. The van der Waals surface area contributed by atoms with Crippen molar-refractivity contribution in [3.8, 4) is 44.5 Å². The normalized spacial score (nSPS) is 11.7. The minimum atomic E-state index is -0.352. The molecule has 0 saturated carbocycles. The van der Waals surface area contributed by atoms with Crippen LogP contribution in [0.4, 0.5) is 42.9 Å². The zero-order valence-corrected chi connectivity index (χ0v) is 45.5. The van der Waals surface area contributed by atoms with E-state index in [2.05, 4.69) is 204 Å². The van der Waals surface area contributed by atoms with E-state index in [4.69, 9.17) is 0 Å². The van der Waals surface area contributed by atoms with E-state index in [0.29, 0.717) is 11.4 Å². The molecule has 16 aromatic rings. The maximum Gasteiger partial charge on any atom is 0.147 e. The topological polar surface area (TPSA) is 6.48 Å². The summed E-state index contributed by atoms with van der Waals surface area (Å²) in [5.74, 6) is -0.704. The van der Waals surface area contributed by atoms with Crippen molar-refractivity contribution in [2.45, 2.75) is 0 Å². The first-order valence-corrected chi connectivity index (χ1v) is 28.5. The SMILES string of the molecule is Fc1cc(-c2ccc3ccccc3c2)c(-c2ccc3ccccc3c2)cc1N(c1ccccc1)c1ccc2ccc3c(N(c4ccccc4)c4cc(-c5ccc6ccccc6c5)c(-c5ccc6ccccc6c5)cc4F)ccc4ccc1c2c43. The molecule has 0 saturated heterocycles. The van der Waals surface area contributed by atoms with Gasteiger partial charge >= 0.3 is 0 Å². The summed E-state index contributed by atoms with van der Waals surface area (Å²) in [5.41, 5.74) is 11.4. The Hall–Kier alpha value is -10.9. The number of anilines is 6. The Morgan fingerprint density at radius 2 is 0.476 bits per heavy atom. The molecular formula is C80H50F2N2. The van der Waals surface area contributed by atoms with Gasteiger partial charge in [-0.1, -0.05) is 218 Å². The Morgan fingerprint density at radius 3 is 0.810 bits per heavy atom. The molecule has 0 heterocycles. The summed E-state index contributed by atoms with van der Waals surface area (Å²) in [6, 6.07) is 104. The highest BCUT2D eigenvalue weighted by molar-refractivity contribution is 6.28. The average Bonchev–Trinajstić information content (AvgIpc) is 2.50. The van der Waals surface area contributed by atoms with Gasteiger partial charge < -0.3 is 9.80 Å². The van der Waals surface area contributed by atoms with E-state index in [1.165, 1.54) is 0 Å². The number of rotatable bonds is 10. The van der Waals surface area contributed by atoms with Crippen LogP contribution < -0.4 is 9.80 Å². The highest BCUT2D eigenvalue weighted by Crippen LogP contribution is 2.51. The van der Waals surface area contributed by atoms with Crippen LogP contribution in [0.3, 0.4) is 0 Å². The van der Waals surface area contributed by atoms with Gasteiger partial charge in [0.2, 0.25) is 0 Å². The summed E-state index contributed by atoms with van der Waals surface area (Å²) >= 11 is 0. The Kier molecular flexibility index (Phi) is 11.6. The molecule has 0 atom stereocenters. The molecule has 16 aromatic carbocycles. The van der Waals surface area contributed by atoms with Crippen LogP contribution in [0.25, 0.3) is 120 Å². The van der Waals surface area contributed by atoms with Crippen molar-refractivity contribution < 1.29 is 8.78 Å². The van der Waals surface area contributed by atoms with E-state index in [9.17, 15) is 0 Å². The summed E-state index contributed by atoms with van der Waals surface area (Å²) in [7, 11) is 0. The van der Waals surface area contributed by atoms with Gasteiger partial charge in [0.05, 0.1) is 22.7 Å². The molecule has 0 amide bonds. The molecule has 84 heavy (non-hydrogen) atoms. The molecule has 0 aromatic heterocycles. The second-order valence-corrected chi connectivity index (χ2v) is 21.9. The van der Waals surface area contributed by atoms with Crippen LogP contribution in [0, 0.1) is 11.6 Å². The van der Waals surface area contributed by atoms with Gasteiger partial charge in [0.25, 0.3) is 0 Å². The fourth-order valence-electron chi connectivity index (χ4n) is 13.0. The van der Waals surface area contributed by atoms with E-state index in [-0.39, 0.29) is 11.6 Å². The number of benzene rings is 16. The lowest BCUT2D eigenvalue weighted by atomic mass is 9.90. The lowest BCUT2D eigenvalue weighted by Gasteiger charge is -2.30. The molecule has 0 unspecified atom stereocenters. The second-order valence-electron chi connectivity index (χ2n) is 21.9. The fraction of sp³-hybridized carbons (Fsp3) is 0. The van der Waals surface area contributed by atoms with Crippen molar-refractivity contribution in [3.63, 3.8) is 0 Å². The Labute approximate surface area is 484 Å². The minimum Gasteiger partial charge on any atom is -0.307 e. The molecule has 0 fully saturated rings. The van der Waals surface area contributed by atoms with Gasteiger partial charge in [-0.15, -0.1) is 0 Å². The Bertz CT molecular complexity index is 4920. The molecule has 2 nitrogen and oxygen atoms in total. The molecule has 0 bridgehead atoms. The van der Waals surface area contributed by atoms with Crippen LogP contribution >= 0.6 is 0 Å². The number of para-hydroxylation sites is 2. The standard InChI is InChI=1S/C80H50F2N2/c81-73-47-69(61-31-27-51-15-7-11-19-57(51)43-61)71(63-33-29-53-17-9-13-21-59(53)45-63)49-77(73)83(65-23-3-1-4-24-65)75-41-37-55-36-40-68-76(42-38-56-35-39-67(75)79(55)80(56)68)84(66-25-5-2-6-26-66)78-50-72(64-34-30-54-18-10-14-22-60(54)46-64)70(48-74(78)82)62-32-28-52-16-8-12-20-58(52)44-62/h1-50H. The van der Waals surface area contributed by atoms with Crippen molar-refractivity contribution in [1.82, 2.24) is 0 Å². The van der Waals surface area contributed by atoms with E-state index < -0.39 is 0 Å². The number of halogens is 2. The summed E-state index contributed by atoms with van der Waals surface area (Å²) in [6.45, 7) is 0. The third-order valence-corrected chi connectivity index (χ3v) is 17.0. The summed E-state index contributed by atoms with van der Waals surface area (Å²) in [5, 5.41) is 15.0. The lowest BCUT2D eigenvalue weighted by molar-refractivity contribution is 0.629. The molecule has 0 spiro atoms. The molecule has 16 rings (SSSR count). The third-order valence-electron chi connectivity index (χ3n) is 17.0. The largest absolute Gasteiger partial charge is 0.307 e. The van der Waals surface area contributed by atoms with Crippen molar-refractivity contribution in [2.75, 3.05) is 9.80 Å². The van der Waals surface area contributed by atoms with Crippen LogP contribution in [0.1, 0.15) is 0 Å². The number of hydrogen-bond acceptors (Lipinski definition) is 2. The molecule has 0 N–H and O–H groups in total. The minimum absolute atomic E-state index is 0.352. The lowest BCUT2D eigenvalue weighted by Crippen LogP contribution is -2.13. The zero-order chi connectivity index (χ0) is 55.8. The highest BCUT2D eigenvalue weighted by Gasteiger charge is 2.27. The van der Waals surface area contributed by atoms with Gasteiger partial charge in [0.1, 0.15) is 11.6 Å². The number of nitrogens with zero attached hydrogens (tertiary/aromatic N) is 2. The van der Waals surface area contributed by atoms with E-state index >= 15 is 8.78 Å². The third kappa shape index (κ3) is 8.29. The molecule has 0 aliphatic rings. The summed E-state index contributed by atoms with van der Waals surface area (Å²) in [4.78, 5) is 4.15. The first-order chi connectivity index (χ1) is 41.5. The maximum absolute atomic E-state index is 18.0. The molecule has 0 radical (unpaired) electrons. The first kappa shape index (κ1) is 48.9. The van der Waals surface area contributed by atoms with Crippen LogP contribution in [-0.2, 0) is 0 Å². The molecule has 4 heteroatoms. The van der Waals surface area contributed by atoms with Gasteiger partial charge in [0.15, 0.2) is 0 Å². The summed E-state index contributed by atoms with van der Waals surface area (Å²) < 4.78 is 36.0. The van der Waals surface area contributed by atoms with Crippen LogP contribution in [0.15, 0.2) is 303 Å². The second kappa shape index (κ2) is 19.9. The molecular weight excluding hydrogens is 1030 g/mol. The van der Waals surface area contributed by atoms with Crippen molar-refractivity contribution in [2.24, 2.45) is 0 Å². The number of hydrogen-bond donors (Lipinski definition) is 0. The Balaban J connectivity index is 0.907. The van der Waals surface area contributed by atoms with Crippen molar-refractivity contribution in [3.05, 3.63) is 315 Å². The smallest absolute Gasteiger partial charge is 0.147 e. The highest BCUT2D eigenvalue weighted by atomic mass is 19.1. The van der Waals surface area contributed by atoms with Gasteiger partial charge in [-0.25, -0.2) is 8.78 Å². The monoisotopic (exact) mass is 1080 g/mol. The van der Waals surface area contributed by atoms with E-state index in [1.807, 2.05) is 97.1 Å². The van der Waals surface area contributed by atoms with Crippen LogP contribution in [-0.4, -0.2) is 0 Å². The predicted molar refractivity (Wildman–Crippen MR) is 351 cm³/mol. The van der Waals surface area contributed by atoms with E-state index in [0.717, 1.165) is 143 Å². The zero-order valence-electron chi connectivity index (χ0n) is 45.5. The molecule has 0 aliphatic heterocycles. The van der Waals surface area contributed by atoms with Gasteiger partial charge in [-0.2, -0.15) is 0 Å². The van der Waals surface area contributed by atoms with Crippen LogP contribution in [0.5, 0.6) is 0 Å². The van der Waals surface area contributed by atoms with Gasteiger partial charge in [-0.05, 0) is 194 Å². The Morgan fingerprint density at radius 1 is 0.202 bits per heavy atom. The maximum atomic E-state index is 18.0.